The Hall–Kier alpha value is -2.27. The predicted molar refractivity (Wildman–Crippen MR) is 101 cm³/mol. The van der Waals surface area contributed by atoms with Crippen LogP contribution in [-0.2, 0) is 6.61 Å². The van der Waals surface area contributed by atoms with Crippen LogP contribution in [0.1, 0.15) is 25.5 Å². The van der Waals surface area contributed by atoms with Crippen molar-refractivity contribution in [1.82, 2.24) is 4.98 Å². The second kappa shape index (κ2) is 7.31. The summed E-state index contributed by atoms with van der Waals surface area (Å²) in [7, 11) is 0. The van der Waals surface area contributed by atoms with E-state index in [0.29, 0.717) is 12.5 Å². The molecule has 4 rings (SSSR count). The molecule has 0 radical (unpaired) electrons. The lowest BCUT2D eigenvalue weighted by atomic mass is 9.99. The van der Waals surface area contributed by atoms with Crippen LogP contribution in [0, 0.1) is 5.92 Å². The zero-order chi connectivity index (χ0) is 17.1. The fourth-order valence-corrected chi connectivity index (χ4v) is 3.94. The molecule has 0 saturated carbocycles. The lowest BCUT2D eigenvalue weighted by Crippen LogP contribution is -2.34. The molecule has 1 atom stereocenters. The fourth-order valence-electron chi connectivity index (χ4n) is 3.29. The molecule has 4 nitrogen and oxygen atoms in total. The highest BCUT2D eigenvalue weighted by Crippen LogP contribution is 2.32. The molecule has 1 saturated heterocycles. The van der Waals surface area contributed by atoms with Gasteiger partial charge in [-0.3, -0.25) is 0 Å². The van der Waals surface area contributed by atoms with Crippen molar-refractivity contribution >= 4 is 17.0 Å². The van der Waals surface area contributed by atoms with Crippen LogP contribution in [-0.4, -0.2) is 18.1 Å². The summed E-state index contributed by atoms with van der Waals surface area (Å²) in [6.45, 7) is 4.91. The van der Waals surface area contributed by atoms with Crippen molar-refractivity contribution in [1.29, 1.82) is 0 Å². The molecule has 1 aliphatic heterocycles. The second-order valence-corrected chi connectivity index (χ2v) is 7.52. The average Bonchev–Trinajstić information content (AvgIpc) is 3.32. The summed E-state index contributed by atoms with van der Waals surface area (Å²) in [5.74, 6) is 2.30. The molecule has 5 heteroatoms. The van der Waals surface area contributed by atoms with Gasteiger partial charge in [-0.15, -0.1) is 11.3 Å². The number of thiophene rings is 1. The Balaban J connectivity index is 1.46. The highest BCUT2D eigenvalue weighted by atomic mass is 32.1. The van der Waals surface area contributed by atoms with Crippen LogP contribution in [0.4, 0.5) is 5.69 Å². The van der Waals surface area contributed by atoms with Crippen molar-refractivity contribution in [2.75, 3.05) is 18.0 Å². The fraction of sp³-hybridized carbons (Fsp3) is 0.350. The molecular formula is C20H22N2O2S. The molecule has 3 heterocycles. The molecule has 0 amide bonds. The van der Waals surface area contributed by atoms with E-state index in [1.165, 1.54) is 18.5 Å². The summed E-state index contributed by atoms with van der Waals surface area (Å²) in [4.78, 5) is 8.00. The first kappa shape index (κ1) is 16.2. The van der Waals surface area contributed by atoms with Crippen molar-refractivity contribution in [3.63, 3.8) is 0 Å². The number of piperidine rings is 1. The summed E-state index contributed by atoms with van der Waals surface area (Å²) in [6, 6.07) is 12.3. The van der Waals surface area contributed by atoms with Gasteiger partial charge in [0.2, 0.25) is 5.89 Å². The summed E-state index contributed by atoms with van der Waals surface area (Å²) in [6.07, 6.45) is 4.23. The van der Waals surface area contributed by atoms with Gasteiger partial charge in [-0.25, -0.2) is 4.98 Å². The molecule has 1 aromatic carbocycles. The maximum atomic E-state index is 6.08. The number of oxazole rings is 1. The van der Waals surface area contributed by atoms with Gasteiger partial charge in [0.25, 0.3) is 0 Å². The number of nitrogens with zero attached hydrogens (tertiary/aromatic N) is 2. The Labute approximate surface area is 152 Å². The Bertz CT molecular complexity index is 813. The Morgan fingerprint density at radius 3 is 3.04 bits per heavy atom. The van der Waals surface area contributed by atoms with Crippen molar-refractivity contribution in [3.05, 3.63) is 53.7 Å². The number of hydrogen-bond acceptors (Lipinski definition) is 5. The topological polar surface area (TPSA) is 38.5 Å². The van der Waals surface area contributed by atoms with Crippen molar-refractivity contribution in [2.24, 2.45) is 5.92 Å². The Kier molecular flexibility index (Phi) is 4.74. The monoisotopic (exact) mass is 354 g/mol. The lowest BCUT2D eigenvalue weighted by molar-refractivity contribution is 0.300. The van der Waals surface area contributed by atoms with E-state index < -0.39 is 0 Å². The van der Waals surface area contributed by atoms with Gasteiger partial charge < -0.3 is 14.1 Å². The zero-order valence-electron chi connectivity index (χ0n) is 14.4. The molecule has 0 spiro atoms. The number of aromatic nitrogens is 1. The number of hydrogen-bond donors (Lipinski definition) is 0. The van der Waals surface area contributed by atoms with Crippen molar-refractivity contribution < 1.29 is 9.15 Å². The molecule has 0 N–H and O–H groups in total. The number of para-hydroxylation sites is 2. The van der Waals surface area contributed by atoms with Crippen LogP contribution in [0.2, 0.25) is 0 Å². The number of ether oxygens (including phenoxy) is 1. The van der Waals surface area contributed by atoms with Gasteiger partial charge in [0.1, 0.15) is 24.3 Å². The number of benzene rings is 1. The lowest BCUT2D eigenvalue weighted by Gasteiger charge is -2.33. The largest absolute Gasteiger partial charge is 0.485 e. The highest BCUT2D eigenvalue weighted by molar-refractivity contribution is 7.13. The van der Waals surface area contributed by atoms with Crippen LogP contribution < -0.4 is 9.64 Å². The second-order valence-electron chi connectivity index (χ2n) is 6.57. The van der Waals surface area contributed by atoms with Gasteiger partial charge in [-0.1, -0.05) is 25.1 Å². The average molecular weight is 354 g/mol. The molecule has 3 aromatic rings. The van der Waals surface area contributed by atoms with E-state index in [-0.39, 0.29) is 0 Å². The zero-order valence-corrected chi connectivity index (χ0v) is 15.2. The maximum Gasteiger partial charge on any atom is 0.236 e. The van der Waals surface area contributed by atoms with Crippen molar-refractivity contribution in [2.45, 2.75) is 26.4 Å². The minimum atomic E-state index is 0.412. The summed E-state index contributed by atoms with van der Waals surface area (Å²) in [5.41, 5.74) is 1.99. The third-order valence-corrected chi connectivity index (χ3v) is 5.38. The molecular weight excluding hydrogens is 332 g/mol. The first-order chi connectivity index (χ1) is 12.3. The van der Waals surface area contributed by atoms with E-state index in [9.17, 15) is 0 Å². The highest BCUT2D eigenvalue weighted by Gasteiger charge is 2.19. The first-order valence-corrected chi connectivity index (χ1v) is 9.62. The molecule has 130 valence electrons. The Morgan fingerprint density at radius 1 is 1.28 bits per heavy atom. The first-order valence-electron chi connectivity index (χ1n) is 8.74. The molecule has 1 aliphatic rings. The molecule has 2 aromatic heterocycles. The van der Waals surface area contributed by atoms with E-state index in [2.05, 4.69) is 28.9 Å². The third-order valence-electron chi connectivity index (χ3n) is 4.52. The molecule has 0 aliphatic carbocycles. The minimum Gasteiger partial charge on any atom is -0.485 e. The number of rotatable bonds is 5. The SMILES string of the molecule is CC1CCCN(c2ccccc2OCc2coc(-c3cccs3)n2)C1. The van der Waals surface area contributed by atoms with E-state index in [1.807, 2.05) is 29.6 Å². The third kappa shape index (κ3) is 3.71. The van der Waals surface area contributed by atoms with Gasteiger partial charge in [-0.2, -0.15) is 0 Å². The van der Waals surface area contributed by atoms with E-state index >= 15 is 0 Å². The van der Waals surface area contributed by atoms with Gasteiger partial charge in [0.15, 0.2) is 0 Å². The van der Waals surface area contributed by atoms with Gasteiger partial charge >= 0.3 is 0 Å². The maximum absolute atomic E-state index is 6.08. The van der Waals surface area contributed by atoms with Crippen LogP contribution in [0.3, 0.4) is 0 Å². The summed E-state index contributed by atoms with van der Waals surface area (Å²) >= 11 is 1.62. The van der Waals surface area contributed by atoms with Gasteiger partial charge in [0, 0.05) is 13.1 Å². The minimum absolute atomic E-state index is 0.412. The predicted octanol–water partition coefficient (Wildman–Crippen LogP) is 5.22. The molecule has 1 unspecified atom stereocenters. The Morgan fingerprint density at radius 2 is 2.20 bits per heavy atom. The van der Waals surface area contributed by atoms with Crippen LogP contribution in [0.15, 0.2) is 52.5 Å². The quantitative estimate of drug-likeness (QED) is 0.630. The van der Waals surface area contributed by atoms with Crippen LogP contribution in [0.5, 0.6) is 5.75 Å². The van der Waals surface area contributed by atoms with E-state index in [4.69, 9.17) is 9.15 Å². The number of anilines is 1. The molecule has 0 bridgehead atoms. The van der Waals surface area contributed by atoms with Gasteiger partial charge in [0.05, 0.1) is 10.6 Å². The van der Waals surface area contributed by atoms with Crippen LogP contribution in [0.25, 0.3) is 10.8 Å². The summed E-state index contributed by atoms with van der Waals surface area (Å²) < 4.78 is 11.6. The molecule has 25 heavy (non-hydrogen) atoms. The standard InChI is InChI=1S/C20H22N2O2S/c1-15-6-4-10-22(12-15)17-7-2-3-8-18(17)23-13-16-14-24-20(21-16)19-9-5-11-25-19/h2-3,5,7-9,11,14-15H,4,6,10,12-13H2,1H3. The van der Waals surface area contributed by atoms with Crippen LogP contribution >= 0.6 is 11.3 Å². The van der Waals surface area contributed by atoms with E-state index in [1.54, 1.807) is 17.6 Å². The smallest absolute Gasteiger partial charge is 0.236 e. The van der Waals surface area contributed by atoms with Gasteiger partial charge in [-0.05, 0) is 42.3 Å². The van der Waals surface area contributed by atoms with Crippen molar-refractivity contribution in [3.8, 4) is 16.5 Å². The summed E-state index contributed by atoms with van der Waals surface area (Å²) in [5, 5.41) is 2.02. The normalized spacial score (nSPS) is 17.6. The van der Waals surface area contributed by atoms with E-state index in [0.717, 1.165) is 35.3 Å². The molecule has 1 fully saturated rings.